The van der Waals surface area contributed by atoms with E-state index in [0.29, 0.717) is 6.10 Å². The van der Waals surface area contributed by atoms with Crippen molar-refractivity contribution in [3.63, 3.8) is 0 Å². The molecule has 0 spiro atoms. The van der Waals surface area contributed by atoms with Crippen LogP contribution in [-0.4, -0.2) is 12.2 Å². The van der Waals surface area contributed by atoms with E-state index in [2.05, 4.69) is 6.92 Å². The van der Waals surface area contributed by atoms with Gasteiger partial charge in [-0.1, -0.05) is 0 Å². The predicted molar refractivity (Wildman–Crippen MR) is 49.2 cm³/mol. The van der Waals surface area contributed by atoms with E-state index in [1.165, 1.54) is 0 Å². The van der Waals surface area contributed by atoms with Gasteiger partial charge in [0, 0.05) is 0 Å². The second-order valence-electron chi connectivity index (χ2n) is 3.60. The number of furan rings is 1. The Morgan fingerprint density at radius 2 is 2.38 bits per heavy atom. The van der Waals surface area contributed by atoms with Crippen LogP contribution in [0.1, 0.15) is 31.6 Å². The van der Waals surface area contributed by atoms with Crippen molar-refractivity contribution < 1.29 is 9.15 Å². The predicted octanol–water partition coefficient (Wildman–Crippen LogP) is 1.85. The standard InChI is InChI=1S/C10H15NO2/c1-7-4-5-9(13-7)10(11)8-3-2-6-12-8/h2-3,6-7,9-10H,4-5,11H2,1H3. The Morgan fingerprint density at radius 1 is 1.54 bits per heavy atom. The van der Waals surface area contributed by atoms with Gasteiger partial charge in [-0.05, 0) is 31.9 Å². The highest BCUT2D eigenvalue weighted by atomic mass is 16.5. The molecule has 1 aliphatic heterocycles. The zero-order valence-electron chi connectivity index (χ0n) is 7.77. The van der Waals surface area contributed by atoms with Gasteiger partial charge in [-0.2, -0.15) is 0 Å². The first-order valence-electron chi connectivity index (χ1n) is 4.72. The van der Waals surface area contributed by atoms with Crippen LogP contribution in [0.25, 0.3) is 0 Å². The quantitative estimate of drug-likeness (QED) is 0.757. The van der Waals surface area contributed by atoms with Gasteiger partial charge in [-0.25, -0.2) is 0 Å². The molecule has 1 aliphatic rings. The minimum absolute atomic E-state index is 0.111. The summed E-state index contributed by atoms with van der Waals surface area (Å²) in [6.45, 7) is 2.08. The molecule has 2 heterocycles. The molecule has 0 aromatic carbocycles. The highest BCUT2D eigenvalue weighted by Crippen LogP contribution is 2.28. The monoisotopic (exact) mass is 181 g/mol. The Balaban J connectivity index is 2.02. The molecule has 1 aromatic rings. The first-order chi connectivity index (χ1) is 6.27. The van der Waals surface area contributed by atoms with Gasteiger partial charge in [0.05, 0.1) is 24.5 Å². The molecular formula is C10H15NO2. The van der Waals surface area contributed by atoms with Crippen molar-refractivity contribution in [1.29, 1.82) is 0 Å². The summed E-state index contributed by atoms with van der Waals surface area (Å²) in [4.78, 5) is 0. The lowest BCUT2D eigenvalue weighted by Gasteiger charge is -2.16. The Labute approximate surface area is 77.9 Å². The molecular weight excluding hydrogens is 166 g/mol. The third-order valence-corrected chi connectivity index (χ3v) is 2.54. The van der Waals surface area contributed by atoms with Gasteiger partial charge in [0.15, 0.2) is 0 Å². The molecule has 1 fully saturated rings. The molecule has 1 saturated heterocycles. The minimum Gasteiger partial charge on any atom is -0.468 e. The fraction of sp³-hybridized carbons (Fsp3) is 0.600. The SMILES string of the molecule is CC1CCC(C(N)c2ccco2)O1. The van der Waals surface area contributed by atoms with E-state index >= 15 is 0 Å². The first kappa shape index (κ1) is 8.78. The van der Waals surface area contributed by atoms with Gasteiger partial charge in [0.1, 0.15) is 5.76 Å². The van der Waals surface area contributed by atoms with E-state index in [1.54, 1.807) is 6.26 Å². The van der Waals surface area contributed by atoms with Crippen LogP contribution < -0.4 is 5.73 Å². The molecule has 1 aromatic heterocycles. The zero-order chi connectivity index (χ0) is 9.26. The zero-order valence-corrected chi connectivity index (χ0v) is 7.77. The number of nitrogens with two attached hydrogens (primary N) is 1. The maximum absolute atomic E-state index is 5.99. The third kappa shape index (κ3) is 1.76. The van der Waals surface area contributed by atoms with Gasteiger partial charge < -0.3 is 14.9 Å². The molecule has 2 N–H and O–H groups in total. The minimum atomic E-state index is -0.111. The second-order valence-corrected chi connectivity index (χ2v) is 3.60. The third-order valence-electron chi connectivity index (χ3n) is 2.54. The van der Waals surface area contributed by atoms with Gasteiger partial charge >= 0.3 is 0 Å². The average molecular weight is 181 g/mol. The van der Waals surface area contributed by atoms with Crippen LogP contribution in [0.5, 0.6) is 0 Å². The van der Waals surface area contributed by atoms with Crippen molar-refractivity contribution in [2.45, 2.75) is 38.0 Å². The van der Waals surface area contributed by atoms with Crippen LogP contribution in [0.15, 0.2) is 22.8 Å². The summed E-state index contributed by atoms with van der Waals surface area (Å²) in [7, 11) is 0. The Bertz CT molecular complexity index is 258. The van der Waals surface area contributed by atoms with Crippen LogP contribution in [0, 0.1) is 0 Å². The molecule has 3 nitrogen and oxygen atoms in total. The van der Waals surface area contributed by atoms with E-state index < -0.39 is 0 Å². The van der Waals surface area contributed by atoms with Gasteiger partial charge in [-0.3, -0.25) is 0 Å². The fourth-order valence-electron chi connectivity index (χ4n) is 1.76. The van der Waals surface area contributed by atoms with Crippen molar-refractivity contribution in [3.8, 4) is 0 Å². The van der Waals surface area contributed by atoms with Crippen molar-refractivity contribution >= 4 is 0 Å². The Kier molecular flexibility index (Phi) is 2.38. The summed E-state index contributed by atoms with van der Waals surface area (Å²) in [5, 5.41) is 0. The smallest absolute Gasteiger partial charge is 0.123 e. The summed E-state index contributed by atoms with van der Waals surface area (Å²) in [6.07, 6.45) is 4.24. The van der Waals surface area contributed by atoms with E-state index in [4.69, 9.17) is 14.9 Å². The number of rotatable bonds is 2. The van der Waals surface area contributed by atoms with Gasteiger partial charge in [-0.15, -0.1) is 0 Å². The lowest BCUT2D eigenvalue weighted by atomic mass is 10.1. The molecule has 0 radical (unpaired) electrons. The van der Waals surface area contributed by atoms with Gasteiger partial charge in [0.25, 0.3) is 0 Å². The average Bonchev–Trinajstić information content (AvgIpc) is 2.72. The normalized spacial score (nSPS) is 30.6. The fourth-order valence-corrected chi connectivity index (χ4v) is 1.76. The molecule has 72 valence electrons. The van der Waals surface area contributed by atoms with E-state index in [0.717, 1.165) is 18.6 Å². The summed E-state index contributed by atoms with van der Waals surface area (Å²) < 4.78 is 10.9. The van der Waals surface area contributed by atoms with Crippen molar-refractivity contribution in [3.05, 3.63) is 24.2 Å². The lowest BCUT2D eigenvalue weighted by Crippen LogP contribution is -2.25. The molecule has 0 amide bonds. The summed E-state index contributed by atoms with van der Waals surface area (Å²) in [5.74, 6) is 0.819. The van der Waals surface area contributed by atoms with Crippen molar-refractivity contribution in [2.75, 3.05) is 0 Å². The van der Waals surface area contributed by atoms with Crippen molar-refractivity contribution in [2.24, 2.45) is 5.73 Å². The highest BCUT2D eigenvalue weighted by Gasteiger charge is 2.29. The van der Waals surface area contributed by atoms with Crippen molar-refractivity contribution in [1.82, 2.24) is 0 Å². The summed E-state index contributed by atoms with van der Waals surface area (Å²) in [5.41, 5.74) is 5.99. The molecule has 3 heteroatoms. The Morgan fingerprint density at radius 3 is 2.92 bits per heavy atom. The molecule has 0 bridgehead atoms. The molecule has 3 atom stereocenters. The highest BCUT2D eigenvalue weighted by molar-refractivity contribution is 5.06. The molecule has 2 rings (SSSR count). The molecule has 13 heavy (non-hydrogen) atoms. The lowest BCUT2D eigenvalue weighted by molar-refractivity contribution is 0.0359. The topological polar surface area (TPSA) is 48.4 Å². The molecule has 0 aliphatic carbocycles. The van der Waals surface area contributed by atoms with Crippen LogP contribution in [0.4, 0.5) is 0 Å². The summed E-state index contributed by atoms with van der Waals surface area (Å²) in [6, 6.07) is 3.64. The largest absolute Gasteiger partial charge is 0.468 e. The van der Waals surface area contributed by atoms with Crippen LogP contribution >= 0.6 is 0 Å². The first-order valence-corrected chi connectivity index (χ1v) is 4.72. The van der Waals surface area contributed by atoms with E-state index in [-0.39, 0.29) is 12.1 Å². The number of ether oxygens (including phenoxy) is 1. The van der Waals surface area contributed by atoms with E-state index in [9.17, 15) is 0 Å². The number of hydrogen-bond donors (Lipinski definition) is 1. The van der Waals surface area contributed by atoms with Crippen LogP contribution in [-0.2, 0) is 4.74 Å². The molecule has 0 saturated carbocycles. The second kappa shape index (κ2) is 3.52. The maximum Gasteiger partial charge on any atom is 0.123 e. The van der Waals surface area contributed by atoms with Crippen LogP contribution in [0.3, 0.4) is 0 Å². The van der Waals surface area contributed by atoms with Crippen LogP contribution in [0.2, 0.25) is 0 Å². The summed E-state index contributed by atoms with van der Waals surface area (Å²) >= 11 is 0. The van der Waals surface area contributed by atoms with E-state index in [1.807, 2.05) is 12.1 Å². The number of hydrogen-bond acceptors (Lipinski definition) is 3. The Hall–Kier alpha value is -0.800. The van der Waals surface area contributed by atoms with Gasteiger partial charge in [0.2, 0.25) is 0 Å². The maximum atomic E-state index is 5.99. The molecule has 3 unspecified atom stereocenters.